The van der Waals surface area contributed by atoms with Gasteiger partial charge in [0, 0.05) is 31.8 Å². The maximum Gasteiger partial charge on any atom is 0.0590 e. The van der Waals surface area contributed by atoms with E-state index in [-0.39, 0.29) is 5.54 Å². The molecule has 1 saturated carbocycles. The maximum atomic E-state index is 5.98. The molecule has 1 aliphatic rings. The molecule has 0 aromatic rings. The Bertz CT molecular complexity index is 192. The molecule has 15 heavy (non-hydrogen) atoms. The number of methoxy groups -OCH3 is 1. The third kappa shape index (κ3) is 2.92. The van der Waals surface area contributed by atoms with Crippen LogP contribution in [0.15, 0.2) is 0 Å². The quantitative estimate of drug-likeness (QED) is 0.697. The van der Waals surface area contributed by atoms with Crippen LogP contribution in [0.1, 0.15) is 33.6 Å². The molecule has 0 aliphatic heterocycles. The smallest absolute Gasteiger partial charge is 0.0590 e. The molecule has 1 aliphatic carbocycles. The van der Waals surface area contributed by atoms with E-state index in [1.165, 1.54) is 12.8 Å². The molecule has 0 aromatic heterocycles. The van der Waals surface area contributed by atoms with Crippen LogP contribution >= 0.6 is 0 Å². The van der Waals surface area contributed by atoms with Crippen LogP contribution in [0.2, 0.25) is 0 Å². The standard InChI is InChI=1S/C12H26N2O/c1-10(2)14(7-8-15-4)12(3,9-13)11-5-6-11/h10-11H,5-9,13H2,1-4H3. The molecule has 3 nitrogen and oxygen atoms in total. The zero-order chi connectivity index (χ0) is 11.5. The highest BCUT2D eigenvalue weighted by atomic mass is 16.5. The van der Waals surface area contributed by atoms with Crippen LogP contribution in [-0.2, 0) is 4.74 Å². The molecule has 0 spiro atoms. The van der Waals surface area contributed by atoms with Crippen molar-refractivity contribution in [2.75, 3.05) is 26.8 Å². The number of nitrogens with zero attached hydrogens (tertiary/aromatic N) is 1. The lowest BCUT2D eigenvalue weighted by atomic mass is 9.92. The summed E-state index contributed by atoms with van der Waals surface area (Å²) in [6.45, 7) is 9.32. The van der Waals surface area contributed by atoms with Gasteiger partial charge < -0.3 is 10.5 Å². The second kappa shape index (κ2) is 5.28. The van der Waals surface area contributed by atoms with Gasteiger partial charge in [0.1, 0.15) is 0 Å². The molecule has 1 rings (SSSR count). The summed E-state index contributed by atoms with van der Waals surface area (Å²) < 4.78 is 5.18. The van der Waals surface area contributed by atoms with Crippen LogP contribution in [0.4, 0.5) is 0 Å². The van der Waals surface area contributed by atoms with Crippen molar-refractivity contribution in [3.05, 3.63) is 0 Å². The number of rotatable bonds is 7. The fourth-order valence-electron chi connectivity index (χ4n) is 2.52. The van der Waals surface area contributed by atoms with Crippen LogP contribution in [0.25, 0.3) is 0 Å². The number of nitrogens with two attached hydrogens (primary N) is 1. The van der Waals surface area contributed by atoms with Crippen molar-refractivity contribution < 1.29 is 4.74 Å². The molecule has 1 unspecified atom stereocenters. The second-order valence-corrected chi connectivity index (χ2v) is 5.12. The maximum absolute atomic E-state index is 5.98. The normalized spacial score (nSPS) is 21.0. The first kappa shape index (κ1) is 12.9. The molecule has 1 fully saturated rings. The van der Waals surface area contributed by atoms with Gasteiger partial charge in [-0.2, -0.15) is 0 Å². The lowest BCUT2D eigenvalue weighted by Gasteiger charge is -2.44. The lowest BCUT2D eigenvalue weighted by molar-refractivity contribution is 0.0313. The van der Waals surface area contributed by atoms with Gasteiger partial charge in [-0.1, -0.05) is 0 Å². The van der Waals surface area contributed by atoms with E-state index in [0.29, 0.717) is 6.04 Å². The minimum Gasteiger partial charge on any atom is -0.383 e. The average molecular weight is 214 g/mol. The van der Waals surface area contributed by atoms with Gasteiger partial charge in [-0.25, -0.2) is 0 Å². The van der Waals surface area contributed by atoms with Gasteiger partial charge in [0.05, 0.1) is 6.61 Å². The molecular weight excluding hydrogens is 188 g/mol. The van der Waals surface area contributed by atoms with Crippen LogP contribution in [-0.4, -0.2) is 43.3 Å². The third-order valence-electron chi connectivity index (χ3n) is 3.69. The highest BCUT2D eigenvalue weighted by molar-refractivity contribution is 5.01. The second-order valence-electron chi connectivity index (χ2n) is 5.12. The molecule has 3 heteroatoms. The Labute approximate surface area is 94.0 Å². The molecule has 2 N–H and O–H groups in total. The topological polar surface area (TPSA) is 38.5 Å². The summed E-state index contributed by atoms with van der Waals surface area (Å²) in [6, 6.07) is 0.536. The summed E-state index contributed by atoms with van der Waals surface area (Å²) in [6.07, 6.45) is 2.67. The Balaban J connectivity index is 2.66. The molecular formula is C12H26N2O. The van der Waals surface area contributed by atoms with Gasteiger partial charge in [-0.15, -0.1) is 0 Å². The van der Waals surface area contributed by atoms with Crippen molar-refractivity contribution in [2.45, 2.75) is 45.2 Å². The van der Waals surface area contributed by atoms with Gasteiger partial charge >= 0.3 is 0 Å². The van der Waals surface area contributed by atoms with Gasteiger partial charge in [0.2, 0.25) is 0 Å². The number of ether oxygens (including phenoxy) is 1. The zero-order valence-electron chi connectivity index (χ0n) is 10.6. The summed E-state index contributed by atoms with van der Waals surface area (Å²) in [5.74, 6) is 0.793. The first-order chi connectivity index (χ1) is 7.06. The molecule has 0 bridgehead atoms. The number of hydrogen-bond donors (Lipinski definition) is 1. The van der Waals surface area contributed by atoms with Gasteiger partial charge in [-0.05, 0) is 39.5 Å². The van der Waals surface area contributed by atoms with Crippen molar-refractivity contribution in [3.63, 3.8) is 0 Å². The monoisotopic (exact) mass is 214 g/mol. The van der Waals surface area contributed by atoms with Crippen molar-refractivity contribution in [2.24, 2.45) is 11.7 Å². The van der Waals surface area contributed by atoms with Crippen molar-refractivity contribution in [1.82, 2.24) is 4.90 Å². The minimum atomic E-state index is 0.173. The number of hydrogen-bond acceptors (Lipinski definition) is 3. The Morgan fingerprint density at radius 1 is 1.47 bits per heavy atom. The van der Waals surface area contributed by atoms with E-state index >= 15 is 0 Å². The molecule has 1 atom stereocenters. The summed E-state index contributed by atoms with van der Waals surface area (Å²) >= 11 is 0. The molecule has 90 valence electrons. The van der Waals surface area contributed by atoms with E-state index in [0.717, 1.165) is 25.6 Å². The van der Waals surface area contributed by atoms with E-state index < -0.39 is 0 Å². The van der Waals surface area contributed by atoms with Crippen molar-refractivity contribution >= 4 is 0 Å². The minimum absolute atomic E-state index is 0.173. The van der Waals surface area contributed by atoms with Crippen LogP contribution in [0, 0.1) is 5.92 Å². The predicted octanol–water partition coefficient (Wildman–Crippen LogP) is 1.47. The molecule has 0 amide bonds. The van der Waals surface area contributed by atoms with E-state index in [2.05, 4.69) is 25.7 Å². The zero-order valence-corrected chi connectivity index (χ0v) is 10.6. The van der Waals surface area contributed by atoms with Gasteiger partial charge in [-0.3, -0.25) is 4.90 Å². The molecule has 0 heterocycles. The first-order valence-electron chi connectivity index (χ1n) is 6.02. The fourth-order valence-corrected chi connectivity index (χ4v) is 2.52. The van der Waals surface area contributed by atoms with Crippen molar-refractivity contribution in [1.29, 1.82) is 0 Å². The molecule has 0 saturated heterocycles. The Morgan fingerprint density at radius 3 is 2.40 bits per heavy atom. The van der Waals surface area contributed by atoms with Gasteiger partial charge in [0.15, 0.2) is 0 Å². The summed E-state index contributed by atoms with van der Waals surface area (Å²) in [7, 11) is 1.76. The summed E-state index contributed by atoms with van der Waals surface area (Å²) in [5, 5.41) is 0. The summed E-state index contributed by atoms with van der Waals surface area (Å²) in [5.41, 5.74) is 6.15. The largest absolute Gasteiger partial charge is 0.383 e. The molecule has 0 aromatic carbocycles. The van der Waals surface area contributed by atoms with Crippen LogP contribution in [0.5, 0.6) is 0 Å². The van der Waals surface area contributed by atoms with E-state index in [4.69, 9.17) is 10.5 Å². The van der Waals surface area contributed by atoms with Crippen LogP contribution in [0.3, 0.4) is 0 Å². The third-order valence-corrected chi connectivity index (χ3v) is 3.69. The fraction of sp³-hybridized carbons (Fsp3) is 1.00. The molecule has 0 radical (unpaired) electrons. The average Bonchev–Trinajstić information content (AvgIpc) is 3.00. The SMILES string of the molecule is COCCN(C(C)C)C(C)(CN)C1CC1. The lowest BCUT2D eigenvalue weighted by Crippen LogP contribution is -2.57. The highest BCUT2D eigenvalue weighted by Crippen LogP contribution is 2.43. The first-order valence-corrected chi connectivity index (χ1v) is 6.02. The Hall–Kier alpha value is -0.120. The Morgan fingerprint density at radius 2 is 2.07 bits per heavy atom. The van der Waals surface area contributed by atoms with E-state index in [9.17, 15) is 0 Å². The van der Waals surface area contributed by atoms with Crippen LogP contribution < -0.4 is 5.73 Å². The van der Waals surface area contributed by atoms with Gasteiger partial charge in [0.25, 0.3) is 0 Å². The Kier molecular flexibility index (Phi) is 4.56. The van der Waals surface area contributed by atoms with E-state index in [1.807, 2.05) is 0 Å². The van der Waals surface area contributed by atoms with E-state index in [1.54, 1.807) is 7.11 Å². The summed E-state index contributed by atoms with van der Waals surface area (Å²) in [4.78, 5) is 2.51. The predicted molar refractivity (Wildman–Crippen MR) is 63.9 cm³/mol. The van der Waals surface area contributed by atoms with Crippen molar-refractivity contribution in [3.8, 4) is 0 Å². The highest BCUT2D eigenvalue weighted by Gasteiger charge is 2.45.